The van der Waals surface area contributed by atoms with E-state index in [4.69, 9.17) is 16.3 Å². The number of ether oxygens (including phenoxy) is 1. The number of aryl methyl sites for hydroxylation is 1. The lowest BCUT2D eigenvalue weighted by Crippen LogP contribution is -2.59. The first-order valence-electron chi connectivity index (χ1n) is 15.3. The van der Waals surface area contributed by atoms with Gasteiger partial charge in [-0.15, -0.1) is 13.2 Å². The molecule has 2 bridgehead atoms. The summed E-state index contributed by atoms with van der Waals surface area (Å²) < 4.78 is 6.96. The van der Waals surface area contributed by atoms with E-state index in [1.807, 2.05) is 56.3 Å². The Hall–Kier alpha value is -3.46. The van der Waals surface area contributed by atoms with E-state index < -0.39 is 35.1 Å². The van der Waals surface area contributed by atoms with Gasteiger partial charge in [0.25, 0.3) is 5.91 Å². The van der Waals surface area contributed by atoms with E-state index in [0.717, 1.165) is 11.1 Å². The Morgan fingerprint density at radius 3 is 2.43 bits per heavy atom. The topological polar surface area (TPSA) is 90.4 Å². The number of fused-ring (bicyclic) bond motifs is 1. The van der Waals surface area contributed by atoms with E-state index in [9.17, 15) is 14.7 Å². The van der Waals surface area contributed by atoms with Crippen LogP contribution in [0.25, 0.3) is 0 Å². The minimum atomic E-state index is -1.25. The van der Waals surface area contributed by atoms with Crippen LogP contribution in [0.4, 0.5) is 5.69 Å². The van der Waals surface area contributed by atoms with Crippen molar-refractivity contribution in [2.45, 2.75) is 62.8 Å². The van der Waals surface area contributed by atoms with Crippen molar-refractivity contribution in [3.8, 4) is 0 Å². The van der Waals surface area contributed by atoms with Gasteiger partial charge in [0.15, 0.2) is 0 Å². The third-order valence-electron chi connectivity index (χ3n) is 9.85. The van der Waals surface area contributed by atoms with Gasteiger partial charge in [-0.25, -0.2) is 0 Å². The fourth-order valence-electron chi connectivity index (χ4n) is 7.90. The Bertz CT molecular complexity index is 1430. The molecule has 2 aromatic carbocycles. The third-order valence-corrected chi connectivity index (χ3v) is 10.2. The number of rotatable bonds is 12. The molecule has 3 aliphatic rings. The summed E-state index contributed by atoms with van der Waals surface area (Å²) in [6, 6.07) is 13.2. The number of benzene rings is 2. The van der Waals surface area contributed by atoms with Gasteiger partial charge in [-0.2, -0.15) is 0 Å². The average Bonchev–Trinajstić information content (AvgIpc) is 3.63. The molecule has 3 aliphatic heterocycles. The summed E-state index contributed by atoms with van der Waals surface area (Å²) in [5, 5.41) is 11.2. The van der Waals surface area contributed by atoms with E-state index in [1.165, 1.54) is 4.90 Å². The van der Waals surface area contributed by atoms with Crippen LogP contribution in [0.15, 0.2) is 73.8 Å². The lowest BCUT2D eigenvalue weighted by atomic mass is 9.64. The number of anilines is 1. The zero-order valence-corrected chi connectivity index (χ0v) is 26.5. The smallest absolute Gasteiger partial charge is 0.253 e. The van der Waals surface area contributed by atoms with Crippen molar-refractivity contribution in [1.29, 1.82) is 0 Å². The highest BCUT2D eigenvalue weighted by molar-refractivity contribution is 6.34. The number of nitrogens with zero attached hydrogens (tertiary/aromatic N) is 3. The molecular formula is C35H42ClN3O5. The molecule has 8 nitrogen and oxygen atoms in total. The molecule has 44 heavy (non-hydrogen) atoms. The number of likely N-dealkylation sites (tertiary alicyclic amines) is 1. The van der Waals surface area contributed by atoms with Crippen molar-refractivity contribution >= 4 is 35.0 Å². The molecule has 3 amide bonds. The van der Waals surface area contributed by atoms with E-state index in [2.05, 4.69) is 13.2 Å². The second-order valence-corrected chi connectivity index (χ2v) is 12.7. The Kier molecular flexibility index (Phi) is 9.08. The number of aliphatic hydroxyl groups excluding tert-OH is 1. The Balaban J connectivity index is 1.68. The van der Waals surface area contributed by atoms with Gasteiger partial charge in [0.2, 0.25) is 11.8 Å². The van der Waals surface area contributed by atoms with Crippen LogP contribution < -0.4 is 4.90 Å². The monoisotopic (exact) mass is 619 g/mol. The number of hydrogen-bond acceptors (Lipinski definition) is 5. The Morgan fingerprint density at radius 1 is 1.11 bits per heavy atom. The van der Waals surface area contributed by atoms with Crippen LogP contribution in [0.5, 0.6) is 0 Å². The van der Waals surface area contributed by atoms with Crippen molar-refractivity contribution in [3.63, 3.8) is 0 Å². The van der Waals surface area contributed by atoms with Crippen LogP contribution in [0.2, 0.25) is 5.02 Å². The fourth-order valence-corrected chi connectivity index (χ4v) is 8.22. The van der Waals surface area contributed by atoms with Crippen molar-refractivity contribution < 1.29 is 24.2 Å². The number of carbonyl (C=O) groups excluding carboxylic acids is 3. The highest BCUT2D eigenvalue weighted by Gasteiger charge is 2.79. The van der Waals surface area contributed by atoms with Gasteiger partial charge >= 0.3 is 0 Å². The quantitative estimate of drug-likeness (QED) is 0.352. The molecule has 9 heteroatoms. The zero-order valence-electron chi connectivity index (χ0n) is 25.7. The summed E-state index contributed by atoms with van der Waals surface area (Å²) in [6.07, 6.45) is 5.10. The third kappa shape index (κ3) is 4.97. The lowest BCUT2D eigenvalue weighted by Gasteiger charge is -2.40. The molecule has 234 valence electrons. The van der Waals surface area contributed by atoms with Crippen LogP contribution in [-0.2, 0) is 25.5 Å². The number of carbonyl (C=O) groups is 3. The van der Waals surface area contributed by atoms with Crippen molar-refractivity contribution in [1.82, 2.24) is 9.80 Å². The van der Waals surface area contributed by atoms with Gasteiger partial charge in [-0.3, -0.25) is 14.4 Å². The molecule has 6 atom stereocenters. The molecule has 2 aromatic rings. The highest BCUT2D eigenvalue weighted by Crippen LogP contribution is 2.65. The van der Waals surface area contributed by atoms with Gasteiger partial charge in [0, 0.05) is 20.1 Å². The zero-order chi connectivity index (χ0) is 31.8. The van der Waals surface area contributed by atoms with Crippen molar-refractivity contribution in [3.05, 3.63) is 90.0 Å². The molecule has 1 N–H and O–H groups in total. The molecule has 0 saturated carbocycles. The van der Waals surface area contributed by atoms with Crippen LogP contribution >= 0.6 is 11.6 Å². The maximum atomic E-state index is 15.1. The number of halogens is 1. The van der Waals surface area contributed by atoms with Crippen LogP contribution in [0.3, 0.4) is 0 Å². The second kappa shape index (κ2) is 12.5. The van der Waals surface area contributed by atoms with Gasteiger partial charge in [-0.1, -0.05) is 73.1 Å². The predicted octanol–water partition coefficient (Wildman–Crippen LogP) is 4.57. The molecule has 3 heterocycles. The predicted molar refractivity (Wildman–Crippen MR) is 171 cm³/mol. The normalized spacial score (nSPS) is 27.6. The second-order valence-electron chi connectivity index (χ2n) is 12.3. The fraction of sp³-hybridized carbons (Fsp3) is 0.457. The molecular weight excluding hydrogens is 578 g/mol. The van der Waals surface area contributed by atoms with E-state index >= 15 is 4.79 Å². The van der Waals surface area contributed by atoms with E-state index in [0.29, 0.717) is 42.9 Å². The van der Waals surface area contributed by atoms with Gasteiger partial charge < -0.3 is 24.5 Å². The van der Waals surface area contributed by atoms with E-state index in [1.54, 1.807) is 35.1 Å². The van der Waals surface area contributed by atoms with Gasteiger partial charge in [0.1, 0.15) is 11.6 Å². The first-order chi connectivity index (χ1) is 21.1. The van der Waals surface area contributed by atoms with Crippen LogP contribution in [0, 0.1) is 18.8 Å². The number of para-hydroxylation sites is 1. The molecule has 1 spiro atoms. The maximum absolute atomic E-state index is 15.1. The summed E-state index contributed by atoms with van der Waals surface area (Å²) in [7, 11) is 1.70. The Morgan fingerprint density at radius 2 is 1.82 bits per heavy atom. The van der Waals surface area contributed by atoms with Gasteiger partial charge in [-0.05, 0) is 49.8 Å². The Labute approximate surface area is 264 Å². The summed E-state index contributed by atoms with van der Waals surface area (Å²) in [6.45, 7) is 11.6. The molecule has 0 radical (unpaired) electrons. The first-order valence-corrected chi connectivity index (χ1v) is 15.7. The molecule has 3 saturated heterocycles. The molecule has 3 fully saturated rings. The largest absolute Gasteiger partial charge is 0.394 e. The van der Waals surface area contributed by atoms with Crippen molar-refractivity contribution in [2.75, 3.05) is 31.6 Å². The summed E-state index contributed by atoms with van der Waals surface area (Å²) in [5.41, 5.74) is 0.110. The molecule has 2 unspecified atom stereocenters. The average molecular weight is 620 g/mol. The number of likely N-dealkylation sites (N-methyl/N-ethyl adjacent to an activating group) is 1. The van der Waals surface area contributed by atoms with Crippen LogP contribution in [-0.4, -0.2) is 82.7 Å². The molecule has 0 aliphatic carbocycles. The molecule has 0 aromatic heterocycles. The maximum Gasteiger partial charge on any atom is 0.253 e. The summed E-state index contributed by atoms with van der Waals surface area (Å²) >= 11 is 6.70. The lowest BCUT2D eigenvalue weighted by molar-refractivity contribution is -0.153. The summed E-state index contributed by atoms with van der Waals surface area (Å²) in [4.78, 5) is 48.6. The summed E-state index contributed by atoms with van der Waals surface area (Å²) in [5.74, 6) is -2.57. The standard InChI is InChI=1S/C35H42ClN3O5/c1-6-19-37(5)31(41)27-28-32(42)39(25(22-40)21-24-14-10-9-11-15-24)30(35(28)18-17-34(27,8-3)44-35)33(43)38(20-7-2)29-23(4)13-12-16-26(29)36/h6-7,9-16,25,27-28,30,40H,1-2,8,17-22H2,3-5H3/t25-,27-,28+,30?,34+,35?/m1/s1. The minimum Gasteiger partial charge on any atom is -0.394 e. The first kappa shape index (κ1) is 31.9. The molecule has 5 rings (SSSR count). The van der Waals surface area contributed by atoms with Crippen LogP contribution in [0.1, 0.15) is 37.3 Å². The number of amides is 3. The van der Waals surface area contributed by atoms with E-state index in [-0.39, 0.29) is 30.9 Å². The number of aliphatic hydroxyl groups is 1. The van der Waals surface area contributed by atoms with Crippen molar-refractivity contribution in [2.24, 2.45) is 11.8 Å². The highest BCUT2D eigenvalue weighted by atomic mass is 35.5. The number of hydrogen-bond donors (Lipinski definition) is 1. The van der Waals surface area contributed by atoms with Gasteiger partial charge in [0.05, 0.1) is 40.8 Å². The SMILES string of the molecule is C=CCN(C)C(=O)[C@H]1[C@H]2C(=O)N([C@@H](CO)Cc3ccccc3)C(C(=O)N(CC=C)c3c(C)cccc3Cl)C23CC[C@]1(CC)O3. The minimum absolute atomic E-state index is 0.147.